The molecule has 0 aromatic rings. The molecule has 0 atom stereocenters. The maximum atomic E-state index is 4.31. The molecule has 1 fully saturated rings. The van der Waals surface area contributed by atoms with E-state index in [4.69, 9.17) is 0 Å². The van der Waals surface area contributed by atoms with E-state index in [0.717, 1.165) is 5.75 Å². The summed E-state index contributed by atoms with van der Waals surface area (Å²) in [5, 5.41) is 0. The molecule has 1 saturated carbocycles. The summed E-state index contributed by atoms with van der Waals surface area (Å²) in [5.74, 6) is 1.06. The highest BCUT2D eigenvalue weighted by atomic mass is 32.1. The van der Waals surface area contributed by atoms with Crippen LogP contribution in [0.3, 0.4) is 0 Å². The minimum Gasteiger partial charge on any atom is -0.309 e. The Morgan fingerprint density at radius 2 is 2.00 bits per heavy atom. The van der Waals surface area contributed by atoms with Gasteiger partial charge in [0.1, 0.15) is 0 Å². The van der Waals surface area contributed by atoms with Crippen LogP contribution in [-0.2, 0) is 0 Å². The van der Waals surface area contributed by atoms with Gasteiger partial charge in [-0.05, 0) is 38.1 Å². The highest BCUT2D eigenvalue weighted by Crippen LogP contribution is 2.46. The molecule has 0 aliphatic heterocycles. The van der Waals surface area contributed by atoms with Crippen LogP contribution in [0.25, 0.3) is 0 Å². The highest BCUT2D eigenvalue weighted by Gasteiger charge is 2.41. The number of thiol groups is 1. The van der Waals surface area contributed by atoms with Crippen LogP contribution in [0.1, 0.15) is 12.8 Å². The molecule has 0 unspecified atom stereocenters. The zero-order valence-corrected chi connectivity index (χ0v) is 7.12. The molecule has 9 heavy (non-hydrogen) atoms. The van der Waals surface area contributed by atoms with Crippen LogP contribution >= 0.6 is 12.6 Å². The van der Waals surface area contributed by atoms with Gasteiger partial charge in [-0.1, -0.05) is 0 Å². The Kier molecular flexibility index (Phi) is 2.07. The second-order valence-electron chi connectivity index (χ2n) is 3.40. The van der Waals surface area contributed by atoms with Gasteiger partial charge in [-0.3, -0.25) is 0 Å². The predicted octanol–water partition coefficient (Wildman–Crippen LogP) is 1.26. The fraction of sp³-hybridized carbons (Fsp3) is 1.00. The van der Waals surface area contributed by atoms with Gasteiger partial charge < -0.3 is 4.90 Å². The first kappa shape index (κ1) is 7.42. The highest BCUT2D eigenvalue weighted by molar-refractivity contribution is 7.80. The minimum absolute atomic E-state index is 0.604. The van der Waals surface area contributed by atoms with Gasteiger partial charge in [0.2, 0.25) is 0 Å². The summed E-state index contributed by atoms with van der Waals surface area (Å²) in [4.78, 5) is 2.25. The lowest BCUT2D eigenvalue weighted by Gasteiger charge is -2.16. The van der Waals surface area contributed by atoms with Crippen molar-refractivity contribution < 1.29 is 0 Å². The molecule has 0 aromatic carbocycles. The molecular formula is C7H15NS. The summed E-state index contributed by atoms with van der Waals surface area (Å²) in [7, 11) is 4.26. The lowest BCUT2D eigenvalue weighted by molar-refractivity contribution is 0.330. The predicted molar refractivity (Wildman–Crippen MR) is 44.1 cm³/mol. The van der Waals surface area contributed by atoms with Crippen LogP contribution in [0, 0.1) is 5.41 Å². The van der Waals surface area contributed by atoms with E-state index in [1.807, 2.05) is 0 Å². The third-order valence-electron chi connectivity index (χ3n) is 1.94. The number of hydrogen-bond acceptors (Lipinski definition) is 2. The van der Waals surface area contributed by atoms with Crippen LogP contribution in [-0.4, -0.2) is 31.3 Å². The molecule has 1 aliphatic carbocycles. The Labute approximate surface area is 62.8 Å². The van der Waals surface area contributed by atoms with E-state index >= 15 is 0 Å². The summed E-state index contributed by atoms with van der Waals surface area (Å²) < 4.78 is 0. The minimum atomic E-state index is 0.604. The molecule has 0 heterocycles. The van der Waals surface area contributed by atoms with Gasteiger partial charge in [0.25, 0.3) is 0 Å². The van der Waals surface area contributed by atoms with Crippen LogP contribution < -0.4 is 0 Å². The lowest BCUT2D eigenvalue weighted by Crippen LogP contribution is -2.23. The first-order chi connectivity index (χ1) is 4.18. The van der Waals surface area contributed by atoms with Gasteiger partial charge in [0.15, 0.2) is 0 Å². The normalized spacial score (nSPS) is 22.7. The number of hydrogen-bond donors (Lipinski definition) is 1. The molecule has 0 radical (unpaired) electrons. The van der Waals surface area contributed by atoms with E-state index in [1.165, 1.54) is 19.4 Å². The average Bonchev–Trinajstić information content (AvgIpc) is 2.48. The van der Waals surface area contributed by atoms with Crippen LogP contribution in [0.2, 0.25) is 0 Å². The Morgan fingerprint density at radius 1 is 1.44 bits per heavy atom. The summed E-state index contributed by atoms with van der Waals surface area (Å²) in [6.45, 7) is 1.22. The summed E-state index contributed by atoms with van der Waals surface area (Å²) in [6, 6.07) is 0. The Hall–Kier alpha value is 0.310. The van der Waals surface area contributed by atoms with Gasteiger partial charge in [0, 0.05) is 6.54 Å². The largest absolute Gasteiger partial charge is 0.309 e. The number of rotatable bonds is 3. The molecule has 0 aromatic heterocycles. The summed E-state index contributed by atoms with van der Waals surface area (Å²) >= 11 is 4.31. The quantitative estimate of drug-likeness (QED) is 0.585. The van der Waals surface area contributed by atoms with Gasteiger partial charge in [-0.25, -0.2) is 0 Å². The molecule has 0 saturated heterocycles. The molecule has 1 nitrogen and oxygen atoms in total. The van der Waals surface area contributed by atoms with E-state index in [9.17, 15) is 0 Å². The topological polar surface area (TPSA) is 3.24 Å². The van der Waals surface area contributed by atoms with Crippen molar-refractivity contribution in [3.63, 3.8) is 0 Å². The first-order valence-electron chi connectivity index (χ1n) is 3.44. The second kappa shape index (κ2) is 2.51. The zero-order chi connectivity index (χ0) is 6.91. The summed E-state index contributed by atoms with van der Waals surface area (Å²) in [5.41, 5.74) is 0.604. The van der Waals surface area contributed by atoms with Crippen LogP contribution in [0.4, 0.5) is 0 Å². The third-order valence-corrected chi connectivity index (χ3v) is 2.61. The van der Waals surface area contributed by atoms with Crippen molar-refractivity contribution >= 4 is 12.6 Å². The number of nitrogens with zero attached hydrogens (tertiary/aromatic N) is 1. The molecule has 2 heteroatoms. The van der Waals surface area contributed by atoms with Gasteiger partial charge in [-0.2, -0.15) is 12.6 Å². The van der Waals surface area contributed by atoms with Crippen LogP contribution in [0.15, 0.2) is 0 Å². The molecular weight excluding hydrogens is 130 g/mol. The molecule has 0 N–H and O–H groups in total. The molecule has 54 valence electrons. The van der Waals surface area contributed by atoms with Gasteiger partial charge in [0.05, 0.1) is 0 Å². The van der Waals surface area contributed by atoms with Crippen molar-refractivity contribution in [2.24, 2.45) is 5.41 Å². The molecule has 0 amide bonds. The van der Waals surface area contributed by atoms with E-state index < -0.39 is 0 Å². The zero-order valence-electron chi connectivity index (χ0n) is 6.22. The standard InChI is InChI=1S/C7H15NS/c1-8(2)5-7(6-9)3-4-7/h9H,3-6H2,1-2H3. The SMILES string of the molecule is CN(C)CC1(CS)CC1. The van der Waals surface area contributed by atoms with E-state index in [2.05, 4.69) is 31.6 Å². The molecule has 1 rings (SSSR count). The van der Waals surface area contributed by atoms with Crippen molar-refractivity contribution in [3.05, 3.63) is 0 Å². The average molecular weight is 145 g/mol. The van der Waals surface area contributed by atoms with Crippen molar-refractivity contribution in [1.82, 2.24) is 4.90 Å². The van der Waals surface area contributed by atoms with Gasteiger partial charge in [-0.15, -0.1) is 0 Å². The summed E-state index contributed by atoms with van der Waals surface area (Å²) in [6.07, 6.45) is 2.77. The molecule has 0 bridgehead atoms. The van der Waals surface area contributed by atoms with Gasteiger partial charge >= 0.3 is 0 Å². The van der Waals surface area contributed by atoms with E-state index in [-0.39, 0.29) is 0 Å². The first-order valence-corrected chi connectivity index (χ1v) is 4.07. The molecule has 0 spiro atoms. The van der Waals surface area contributed by atoms with Crippen LogP contribution in [0.5, 0.6) is 0 Å². The lowest BCUT2D eigenvalue weighted by atomic mass is 10.1. The second-order valence-corrected chi connectivity index (χ2v) is 3.71. The maximum Gasteiger partial charge on any atom is 0.00397 e. The molecule has 1 aliphatic rings. The maximum absolute atomic E-state index is 4.31. The van der Waals surface area contributed by atoms with E-state index in [0.29, 0.717) is 5.41 Å². The Morgan fingerprint density at radius 3 is 2.11 bits per heavy atom. The van der Waals surface area contributed by atoms with Crippen molar-refractivity contribution in [2.75, 3.05) is 26.4 Å². The Bertz CT molecular complexity index is 97.1. The monoisotopic (exact) mass is 145 g/mol. The van der Waals surface area contributed by atoms with E-state index in [1.54, 1.807) is 0 Å². The van der Waals surface area contributed by atoms with Crippen molar-refractivity contribution in [3.8, 4) is 0 Å². The third kappa shape index (κ3) is 1.87. The van der Waals surface area contributed by atoms with Crippen molar-refractivity contribution in [2.45, 2.75) is 12.8 Å². The van der Waals surface area contributed by atoms with Crippen molar-refractivity contribution in [1.29, 1.82) is 0 Å². The smallest absolute Gasteiger partial charge is 0.00397 e. The fourth-order valence-corrected chi connectivity index (χ4v) is 1.63. The Balaban J connectivity index is 2.25. The fourth-order valence-electron chi connectivity index (χ4n) is 1.21.